The average molecular weight is 435 g/mol. The molecule has 0 spiro atoms. The van der Waals surface area contributed by atoms with Crippen LogP contribution in [0.2, 0.25) is 0 Å². The zero-order chi connectivity index (χ0) is 21.8. The van der Waals surface area contributed by atoms with Gasteiger partial charge in [-0.2, -0.15) is 5.10 Å². The minimum Gasteiger partial charge on any atom is -0.454 e. The largest absolute Gasteiger partial charge is 0.454 e. The van der Waals surface area contributed by atoms with Gasteiger partial charge in [0.05, 0.1) is 6.54 Å². The molecule has 2 fully saturated rings. The van der Waals surface area contributed by atoms with Crippen LogP contribution in [-0.4, -0.2) is 76.3 Å². The van der Waals surface area contributed by atoms with E-state index in [1.54, 1.807) is 16.9 Å². The lowest BCUT2D eigenvalue weighted by molar-refractivity contribution is 0.0604. The van der Waals surface area contributed by atoms with E-state index in [1.807, 2.05) is 41.6 Å². The van der Waals surface area contributed by atoms with Crippen molar-refractivity contribution in [3.05, 3.63) is 66.5 Å². The van der Waals surface area contributed by atoms with E-state index in [4.69, 9.17) is 4.42 Å². The van der Waals surface area contributed by atoms with Gasteiger partial charge in [-0.3, -0.25) is 14.4 Å². The van der Waals surface area contributed by atoms with Crippen LogP contribution < -0.4 is 4.90 Å². The highest BCUT2D eigenvalue weighted by atomic mass is 16.4. The van der Waals surface area contributed by atoms with Gasteiger partial charge in [-0.15, -0.1) is 0 Å². The van der Waals surface area contributed by atoms with Gasteiger partial charge in [0, 0.05) is 64.4 Å². The molecule has 2 aliphatic rings. The zero-order valence-electron chi connectivity index (χ0n) is 18.3. The van der Waals surface area contributed by atoms with E-state index in [2.05, 4.69) is 25.9 Å². The first-order valence-electron chi connectivity index (χ1n) is 11.5. The van der Waals surface area contributed by atoms with Crippen molar-refractivity contribution in [2.75, 3.05) is 50.7 Å². The minimum absolute atomic E-state index is 0.00128. The molecule has 5 rings (SSSR count). The number of carbonyl (C=O) groups is 1. The number of likely N-dealkylation sites (tertiary alicyclic amines) is 1. The highest BCUT2D eigenvalue weighted by Crippen LogP contribution is 2.22. The SMILES string of the molecule is O=C(c1ccc(Cn2cccn2)o1)N1CCCC(CN2CCN(c3ccccn3)CC2)C1. The van der Waals surface area contributed by atoms with Crippen LogP contribution in [0.1, 0.15) is 29.2 Å². The number of nitrogens with zero attached hydrogens (tertiary/aromatic N) is 6. The smallest absolute Gasteiger partial charge is 0.289 e. The van der Waals surface area contributed by atoms with Gasteiger partial charge in [0.1, 0.15) is 11.6 Å². The topological polar surface area (TPSA) is 70.6 Å². The number of pyridine rings is 1. The van der Waals surface area contributed by atoms with E-state index in [0.29, 0.717) is 18.2 Å². The van der Waals surface area contributed by atoms with Crippen molar-refractivity contribution in [2.45, 2.75) is 19.4 Å². The maximum atomic E-state index is 13.0. The minimum atomic E-state index is 0.00128. The third kappa shape index (κ3) is 4.85. The van der Waals surface area contributed by atoms with E-state index < -0.39 is 0 Å². The Bertz CT molecular complexity index is 995. The molecule has 8 nitrogen and oxygen atoms in total. The van der Waals surface area contributed by atoms with Gasteiger partial charge in [0.2, 0.25) is 0 Å². The van der Waals surface area contributed by atoms with Gasteiger partial charge in [0.25, 0.3) is 5.91 Å². The van der Waals surface area contributed by atoms with Gasteiger partial charge in [-0.05, 0) is 49.1 Å². The van der Waals surface area contributed by atoms with Crippen molar-refractivity contribution in [1.82, 2.24) is 24.6 Å². The summed E-state index contributed by atoms with van der Waals surface area (Å²) in [5.41, 5.74) is 0. The van der Waals surface area contributed by atoms with Crippen LogP contribution in [-0.2, 0) is 6.54 Å². The van der Waals surface area contributed by atoms with Crippen LogP contribution in [0.4, 0.5) is 5.82 Å². The molecule has 0 saturated carbocycles. The summed E-state index contributed by atoms with van der Waals surface area (Å²) in [4.78, 5) is 24.4. The monoisotopic (exact) mass is 434 g/mol. The number of piperazine rings is 1. The summed E-state index contributed by atoms with van der Waals surface area (Å²) in [7, 11) is 0. The van der Waals surface area contributed by atoms with Crippen LogP contribution in [0.15, 0.2) is 59.4 Å². The molecule has 1 unspecified atom stereocenters. The van der Waals surface area contributed by atoms with E-state index in [-0.39, 0.29) is 5.91 Å². The summed E-state index contributed by atoms with van der Waals surface area (Å²) >= 11 is 0. The number of carbonyl (C=O) groups excluding carboxylic acids is 1. The Kier molecular flexibility index (Phi) is 6.20. The molecule has 2 aliphatic heterocycles. The maximum absolute atomic E-state index is 13.0. The summed E-state index contributed by atoms with van der Waals surface area (Å²) in [6.07, 6.45) is 7.70. The molecule has 32 heavy (non-hydrogen) atoms. The highest BCUT2D eigenvalue weighted by molar-refractivity contribution is 5.91. The molecule has 0 aromatic carbocycles. The third-order valence-electron chi connectivity index (χ3n) is 6.42. The van der Waals surface area contributed by atoms with Gasteiger partial charge < -0.3 is 14.2 Å². The Balaban J connectivity index is 1.12. The first-order valence-corrected chi connectivity index (χ1v) is 11.5. The fourth-order valence-electron chi connectivity index (χ4n) is 4.75. The molecule has 168 valence electrons. The zero-order valence-corrected chi connectivity index (χ0v) is 18.3. The lowest BCUT2D eigenvalue weighted by Crippen LogP contribution is -2.50. The molecule has 1 atom stereocenters. The quantitative estimate of drug-likeness (QED) is 0.594. The Labute approximate surface area is 188 Å². The van der Waals surface area contributed by atoms with E-state index in [1.165, 1.54) is 6.42 Å². The lowest BCUT2D eigenvalue weighted by atomic mass is 9.97. The van der Waals surface area contributed by atoms with Crippen molar-refractivity contribution in [1.29, 1.82) is 0 Å². The second-order valence-corrected chi connectivity index (χ2v) is 8.70. The number of hydrogen-bond acceptors (Lipinski definition) is 6. The first-order chi connectivity index (χ1) is 15.7. The first kappa shape index (κ1) is 20.8. The molecule has 3 aromatic rings. The summed E-state index contributed by atoms with van der Waals surface area (Å²) < 4.78 is 7.63. The molecule has 0 N–H and O–H groups in total. The molecule has 1 amide bonds. The standard InChI is InChI=1S/C24H30N6O2/c31-24(22-8-7-21(32-22)19-30-12-4-10-26-30)29-11-3-5-20(18-29)17-27-13-15-28(16-14-27)23-6-1-2-9-25-23/h1-2,4,6-10,12,20H,3,5,11,13-19H2. The number of rotatable bonds is 6. The van der Waals surface area contributed by atoms with Gasteiger partial charge in [0.15, 0.2) is 5.76 Å². The number of amides is 1. The Morgan fingerprint density at radius 3 is 2.72 bits per heavy atom. The van der Waals surface area contributed by atoms with Crippen molar-refractivity contribution >= 4 is 11.7 Å². The number of piperidine rings is 1. The average Bonchev–Trinajstić information content (AvgIpc) is 3.53. The van der Waals surface area contributed by atoms with Crippen LogP contribution in [0.3, 0.4) is 0 Å². The number of anilines is 1. The summed E-state index contributed by atoms with van der Waals surface area (Å²) in [6, 6.07) is 11.6. The fourth-order valence-corrected chi connectivity index (χ4v) is 4.75. The maximum Gasteiger partial charge on any atom is 0.289 e. The van der Waals surface area contributed by atoms with Crippen molar-refractivity contribution in [2.24, 2.45) is 5.92 Å². The van der Waals surface area contributed by atoms with Crippen molar-refractivity contribution in [3.63, 3.8) is 0 Å². The predicted octanol–water partition coefficient (Wildman–Crippen LogP) is 2.59. The van der Waals surface area contributed by atoms with E-state index in [0.717, 1.165) is 63.8 Å². The van der Waals surface area contributed by atoms with Gasteiger partial charge in [-0.25, -0.2) is 4.98 Å². The lowest BCUT2D eigenvalue weighted by Gasteiger charge is -2.39. The number of furan rings is 1. The second-order valence-electron chi connectivity index (χ2n) is 8.70. The van der Waals surface area contributed by atoms with Gasteiger partial charge >= 0.3 is 0 Å². The number of aromatic nitrogens is 3. The van der Waals surface area contributed by atoms with E-state index in [9.17, 15) is 4.79 Å². The van der Waals surface area contributed by atoms with Crippen LogP contribution in [0, 0.1) is 5.92 Å². The molecule has 8 heteroatoms. The fraction of sp³-hybridized carbons (Fsp3) is 0.458. The molecule has 0 aliphatic carbocycles. The molecule has 2 saturated heterocycles. The second kappa shape index (κ2) is 9.56. The molecule has 0 radical (unpaired) electrons. The van der Waals surface area contributed by atoms with Crippen LogP contribution >= 0.6 is 0 Å². The van der Waals surface area contributed by atoms with Crippen LogP contribution in [0.25, 0.3) is 0 Å². The van der Waals surface area contributed by atoms with Crippen LogP contribution in [0.5, 0.6) is 0 Å². The molecular weight excluding hydrogens is 404 g/mol. The molecule has 5 heterocycles. The molecular formula is C24H30N6O2. The van der Waals surface area contributed by atoms with Crippen molar-refractivity contribution < 1.29 is 9.21 Å². The van der Waals surface area contributed by atoms with E-state index >= 15 is 0 Å². The Morgan fingerprint density at radius 2 is 1.94 bits per heavy atom. The Hall–Kier alpha value is -3.13. The summed E-state index contributed by atoms with van der Waals surface area (Å²) in [5, 5.41) is 4.19. The summed E-state index contributed by atoms with van der Waals surface area (Å²) in [5.74, 6) is 2.74. The summed E-state index contributed by atoms with van der Waals surface area (Å²) in [6.45, 7) is 7.25. The molecule has 0 bridgehead atoms. The third-order valence-corrected chi connectivity index (χ3v) is 6.42. The predicted molar refractivity (Wildman–Crippen MR) is 122 cm³/mol. The highest BCUT2D eigenvalue weighted by Gasteiger charge is 2.28. The van der Waals surface area contributed by atoms with Gasteiger partial charge in [-0.1, -0.05) is 6.07 Å². The Morgan fingerprint density at radius 1 is 1.03 bits per heavy atom. The van der Waals surface area contributed by atoms with Crippen molar-refractivity contribution in [3.8, 4) is 0 Å². The number of hydrogen-bond donors (Lipinski definition) is 0. The molecule has 3 aromatic heterocycles. The normalized spacial score (nSPS) is 19.9.